The molecule has 1 aliphatic carbocycles. The van der Waals surface area contributed by atoms with Crippen LogP contribution in [0, 0.1) is 0 Å². The van der Waals surface area contributed by atoms with E-state index >= 15 is 0 Å². The molecule has 0 amide bonds. The summed E-state index contributed by atoms with van der Waals surface area (Å²) in [5.74, 6) is -2.77. The van der Waals surface area contributed by atoms with Crippen molar-refractivity contribution in [3.8, 4) is 0 Å². The molecule has 0 saturated carbocycles. The van der Waals surface area contributed by atoms with Crippen LogP contribution >= 0.6 is 0 Å². The number of aliphatic hydroxyl groups excluding tert-OH is 1. The molecule has 0 bridgehead atoms. The number of fused-ring (bicyclic) bond motifs is 1. The van der Waals surface area contributed by atoms with Gasteiger partial charge in [0.25, 0.3) is 0 Å². The molecule has 0 aromatic rings. The second-order valence-corrected chi connectivity index (χ2v) is 6.17. The lowest BCUT2D eigenvalue weighted by atomic mass is 9.87. The Balaban J connectivity index is 1.76. The van der Waals surface area contributed by atoms with E-state index in [1.54, 1.807) is 0 Å². The lowest BCUT2D eigenvalue weighted by molar-refractivity contribution is -0.222. The van der Waals surface area contributed by atoms with Crippen LogP contribution in [0.25, 0.3) is 0 Å². The molecule has 0 aromatic carbocycles. The van der Waals surface area contributed by atoms with E-state index < -0.39 is 29.4 Å². The number of carbonyl (C=O) groups excluding carboxylic acids is 1. The van der Waals surface area contributed by atoms with E-state index in [1.165, 1.54) is 25.7 Å². The fraction of sp³-hybridized carbons (Fsp3) is 0.812. The summed E-state index contributed by atoms with van der Waals surface area (Å²) in [6.45, 7) is 2.18. The van der Waals surface area contributed by atoms with Gasteiger partial charge < -0.3 is 20.1 Å². The van der Waals surface area contributed by atoms with Crippen molar-refractivity contribution in [1.29, 1.82) is 0 Å². The van der Waals surface area contributed by atoms with Crippen LogP contribution in [0.15, 0.2) is 12.2 Å². The van der Waals surface area contributed by atoms with Gasteiger partial charge in [-0.2, -0.15) is 0 Å². The van der Waals surface area contributed by atoms with Crippen LogP contribution in [0.4, 0.5) is 0 Å². The highest BCUT2D eigenvalue weighted by Gasteiger charge is 2.69. The van der Waals surface area contributed by atoms with Gasteiger partial charge in [-0.1, -0.05) is 51.9 Å². The summed E-state index contributed by atoms with van der Waals surface area (Å²) >= 11 is 0. The number of aliphatic hydroxyl groups is 3. The van der Waals surface area contributed by atoms with Gasteiger partial charge in [-0.15, -0.1) is 0 Å². The lowest BCUT2D eigenvalue weighted by Gasteiger charge is -2.28. The van der Waals surface area contributed by atoms with E-state index in [2.05, 4.69) is 6.92 Å². The average molecular weight is 298 g/mol. The monoisotopic (exact) mass is 298 g/mol. The second kappa shape index (κ2) is 6.57. The Morgan fingerprint density at radius 3 is 2.38 bits per heavy atom. The zero-order valence-electron chi connectivity index (χ0n) is 12.6. The summed E-state index contributed by atoms with van der Waals surface area (Å²) in [6.07, 6.45) is 8.58. The van der Waals surface area contributed by atoms with Crippen LogP contribution in [0.1, 0.15) is 58.3 Å². The number of ether oxygens (including phenoxy) is 1. The Bertz CT molecular complexity index is 407. The molecule has 120 valence electrons. The van der Waals surface area contributed by atoms with E-state index in [1.807, 2.05) is 0 Å². The van der Waals surface area contributed by atoms with Gasteiger partial charge in [-0.25, -0.2) is 0 Å². The zero-order valence-corrected chi connectivity index (χ0v) is 12.6. The molecule has 3 N–H and O–H groups in total. The third kappa shape index (κ3) is 2.93. The topological polar surface area (TPSA) is 87.0 Å². The predicted octanol–water partition coefficient (Wildman–Crippen LogP) is 1.45. The maximum absolute atomic E-state index is 11.7. The van der Waals surface area contributed by atoms with Crippen molar-refractivity contribution >= 4 is 5.78 Å². The first kappa shape index (κ1) is 16.6. The second-order valence-electron chi connectivity index (χ2n) is 6.17. The maximum Gasteiger partial charge on any atom is 0.226 e. The summed E-state index contributed by atoms with van der Waals surface area (Å²) in [5.41, 5.74) is -2.24. The molecule has 5 heteroatoms. The van der Waals surface area contributed by atoms with Crippen LogP contribution in [0.2, 0.25) is 0 Å². The average Bonchev–Trinajstić information content (AvgIpc) is 2.80. The minimum absolute atomic E-state index is 0.528. The smallest absolute Gasteiger partial charge is 0.226 e. The van der Waals surface area contributed by atoms with E-state index in [9.17, 15) is 20.1 Å². The molecule has 4 unspecified atom stereocenters. The molecule has 0 radical (unpaired) electrons. The number of carbonyl (C=O) groups is 1. The number of rotatable bonds is 8. The first-order chi connectivity index (χ1) is 9.95. The standard InChI is InChI=1S/C16H26O5/c1-2-3-4-5-6-7-8-9-12-14(18)16(20)13(17)10-11-15(16,19)21-12/h10-12,14,18-20H,2-9H2,1H3. The van der Waals surface area contributed by atoms with Crippen molar-refractivity contribution in [3.05, 3.63) is 12.2 Å². The first-order valence-electron chi connectivity index (χ1n) is 8.00. The van der Waals surface area contributed by atoms with Crippen LogP contribution < -0.4 is 0 Å². The summed E-state index contributed by atoms with van der Waals surface area (Å²) in [7, 11) is 0. The molecule has 2 aliphatic rings. The molecular weight excluding hydrogens is 272 g/mol. The quantitative estimate of drug-likeness (QED) is 0.590. The van der Waals surface area contributed by atoms with E-state index in [4.69, 9.17) is 4.74 Å². The Labute approximate surface area is 125 Å². The van der Waals surface area contributed by atoms with Crippen LogP contribution in [0.5, 0.6) is 0 Å². The molecular formula is C16H26O5. The van der Waals surface area contributed by atoms with E-state index in [0.29, 0.717) is 6.42 Å². The maximum atomic E-state index is 11.7. The Hall–Kier alpha value is -0.750. The summed E-state index contributed by atoms with van der Waals surface area (Å²) in [5, 5.41) is 30.6. The highest BCUT2D eigenvalue weighted by atomic mass is 16.7. The highest BCUT2D eigenvalue weighted by molar-refractivity contribution is 6.02. The Kier molecular flexibility index (Phi) is 5.20. The summed E-state index contributed by atoms with van der Waals surface area (Å²) < 4.78 is 5.35. The SMILES string of the molecule is CCCCCCCCCC1OC2(O)C=CC(=O)C2(O)C1O. The van der Waals surface area contributed by atoms with E-state index in [0.717, 1.165) is 31.4 Å². The highest BCUT2D eigenvalue weighted by Crippen LogP contribution is 2.45. The molecule has 1 saturated heterocycles. The van der Waals surface area contributed by atoms with Crippen LogP contribution in [-0.2, 0) is 9.53 Å². The normalized spacial score (nSPS) is 38.2. The molecule has 2 rings (SSSR count). The molecule has 1 fully saturated rings. The number of hydrogen-bond donors (Lipinski definition) is 3. The molecule has 1 aliphatic heterocycles. The van der Waals surface area contributed by atoms with Crippen LogP contribution in [0.3, 0.4) is 0 Å². The molecule has 5 nitrogen and oxygen atoms in total. The number of unbranched alkanes of at least 4 members (excludes halogenated alkanes) is 6. The third-order valence-electron chi connectivity index (χ3n) is 4.59. The van der Waals surface area contributed by atoms with Crippen molar-refractivity contribution in [2.45, 2.75) is 81.9 Å². The third-order valence-corrected chi connectivity index (χ3v) is 4.59. The fourth-order valence-corrected chi connectivity index (χ4v) is 3.19. The van der Waals surface area contributed by atoms with Crippen LogP contribution in [-0.4, -0.2) is 44.7 Å². The van der Waals surface area contributed by atoms with Crippen molar-refractivity contribution in [2.24, 2.45) is 0 Å². The number of hydrogen-bond acceptors (Lipinski definition) is 5. The summed E-state index contributed by atoms with van der Waals surface area (Å²) in [4.78, 5) is 11.7. The van der Waals surface area contributed by atoms with Gasteiger partial charge in [0, 0.05) is 0 Å². The van der Waals surface area contributed by atoms with Crippen molar-refractivity contribution < 1.29 is 24.9 Å². The molecule has 4 atom stereocenters. The minimum atomic E-state index is -2.24. The van der Waals surface area contributed by atoms with Crippen molar-refractivity contribution in [3.63, 3.8) is 0 Å². The largest absolute Gasteiger partial charge is 0.387 e. The van der Waals surface area contributed by atoms with Crippen molar-refractivity contribution in [2.75, 3.05) is 0 Å². The lowest BCUT2D eigenvalue weighted by Crippen LogP contribution is -2.57. The summed E-state index contributed by atoms with van der Waals surface area (Å²) in [6, 6.07) is 0. The van der Waals surface area contributed by atoms with Gasteiger partial charge >= 0.3 is 0 Å². The van der Waals surface area contributed by atoms with Gasteiger partial charge in [0.15, 0.2) is 5.78 Å². The zero-order chi connectivity index (χ0) is 15.5. The number of ketones is 1. The Morgan fingerprint density at radius 1 is 1.14 bits per heavy atom. The molecule has 0 spiro atoms. The molecule has 21 heavy (non-hydrogen) atoms. The van der Waals surface area contributed by atoms with Gasteiger partial charge in [-0.05, 0) is 18.6 Å². The fourth-order valence-electron chi connectivity index (χ4n) is 3.19. The van der Waals surface area contributed by atoms with Gasteiger partial charge in [0.2, 0.25) is 11.4 Å². The minimum Gasteiger partial charge on any atom is -0.387 e. The predicted molar refractivity (Wildman–Crippen MR) is 77.5 cm³/mol. The van der Waals surface area contributed by atoms with Gasteiger partial charge in [0.05, 0.1) is 6.10 Å². The Morgan fingerprint density at radius 2 is 1.76 bits per heavy atom. The van der Waals surface area contributed by atoms with Crippen molar-refractivity contribution in [1.82, 2.24) is 0 Å². The first-order valence-corrected chi connectivity index (χ1v) is 8.00. The van der Waals surface area contributed by atoms with Gasteiger partial charge in [0.1, 0.15) is 6.10 Å². The molecule has 0 aromatic heterocycles. The van der Waals surface area contributed by atoms with Gasteiger partial charge in [-0.3, -0.25) is 4.79 Å². The molecule has 1 heterocycles. The van der Waals surface area contributed by atoms with E-state index in [-0.39, 0.29) is 0 Å².